The van der Waals surface area contributed by atoms with Crippen molar-refractivity contribution < 1.29 is 9.47 Å². The number of hydrogen-bond acceptors (Lipinski definition) is 3. The zero-order valence-corrected chi connectivity index (χ0v) is 11.3. The van der Waals surface area contributed by atoms with Gasteiger partial charge in [0.15, 0.2) is 0 Å². The maximum atomic E-state index is 6.23. The minimum atomic E-state index is -0.0345. The predicted molar refractivity (Wildman–Crippen MR) is 72.6 cm³/mol. The maximum Gasteiger partial charge on any atom is 0.0663 e. The van der Waals surface area contributed by atoms with Crippen LogP contribution in [-0.4, -0.2) is 25.9 Å². The Hall–Kier alpha value is -0.900. The third-order valence-electron chi connectivity index (χ3n) is 3.51. The van der Waals surface area contributed by atoms with Crippen LogP contribution in [0.5, 0.6) is 0 Å². The Balaban J connectivity index is 1.90. The Morgan fingerprint density at radius 2 is 2.06 bits per heavy atom. The normalized spacial score (nSPS) is 18.8. The van der Waals surface area contributed by atoms with Crippen LogP contribution in [0.1, 0.15) is 35.6 Å². The van der Waals surface area contributed by atoms with Crippen molar-refractivity contribution >= 4 is 0 Å². The first-order chi connectivity index (χ1) is 8.66. The zero-order chi connectivity index (χ0) is 13.0. The molecule has 1 unspecified atom stereocenters. The lowest BCUT2D eigenvalue weighted by atomic mass is 10.00. The SMILES string of the molecule is Cc1ccc(C)c(C(N)COC2CCOCC2)c1. The number of hydrogen-bond donors (Lipinski definition) is 1. The lowest BCUT2D eigenvalue weighted by Gasteiger charge is -2.24. The van der Waals surface area contributed by atoms with E-state index in [9.17, 15) is 0 Å². The second-order valence-electron chi connectivity index (χ2n) is 5.11. The molecule has 0 saturated carbocycles. The molecule has 18 heavy (non-hydrogen) atoms. The van der Waals surface area contributed by atoms with Crippen LogP contribution in [0.2, 0.25) is 0 Å². The highest BCUT2D eigenvalue weighted by molar-refractivity contribution is 5.32. The second-order valence-corrected chi connectivity index (χ2v) is 5.11. The molecule has 2 N–H and O–H groups in total. The summed E-state index contributed by atoms with van der Waals surface area (Å²) >= 11 is 0. The largest absolute Gasteiger partial charge is 0.381 e. The van der Waals surface area contributed by atoms with Crippen LogP contribution in [0, 0.1) is 13.8 Å². The van der Waals surface area contributed by atoms with Gasteiger partial charge in [0.05, 0.1) is 18.8 Å². The Kier molecular flexibility index (Phi) is 4.75. The van der Waals surface area contributed by atoms with Crippen molar-refractivity contribution in [1.82, 2.24) is 0 Å². The van der Waals surface area contributed by atoms with Crippen molar-refractivity contribution in [3.8, 4) is 0 Å². The summed E-state index contributed by atoms with van der Waals surface area (Å²) in [6.07, 6.45) is 2.29. The van der Waals surface area contributed by atoms with Crippen molar-refractivity contribution in [2.45, 2.75) is 38.8 Å². The van der Waals surface area contributed by atoms with Crippen molar-refractivity contribution in [1.29, 1.82) is 0 Å². The third kappa shape index (κ3) is 3.55. The number of rotatable bonds is 4. The summed E-state index contributed by atoms with van der Waals surface area (Å²) in [4.78, 5) is 0. The van der Waals surface area contributed by atoms with E-state index in [2.05, 4.69) is 32.0 Å². The van der Waals surface area contributed by atoms with Crippen molar-refractivity contribution in [2.75, 3.05) is 19.8 Å². The summed E-state index contributed by atoms with van der Waals surface area (Å²) < 4.78 is 11.2. The maximum absolute atomic E-state index is 6.23. The van der Waals surface area contributed by atoms with Gasteiger partial charge in [0.1, 0.15) is 0 Å². The van der Waals surface area contributed by atoms with Gasteiger partial charge in [-0.3, -0.25) is 0 Å². The molecule has 0 spiro atoms. The average Bonchev–Trinajstić information content (AvgIpc) is 2.40. The van der Waals surface area contributed by atoms with Gasteiger partial charge in [0, 0.05) is 13.2 Å². The molecular weight excluding hydrogens is 226 g/mol. The van der Waals surface area contributed by atoms with Crippen LogP contribution >= 0.6 is 0 Å². The molecular formula is C15H23NO2. The molecule has 1 aliphatic heterocycles. The van der Waals surface area contributed by atoms with Gasteiger partial charge in [-0.15, -0.1) is 0 Å². The van der Waals surface area contributed by atoms with Gasteiger partial charge in [-0.1, -0.05) is 23.8 Å². The number of aryl methyl sites for hydroxylation is 2. The van der Waals surface area contributed by atoms with Gasteiger partial charge in [0.2, 0.25) is 0 Å². The van der Waals surface area contributed by atoms with Crippen molar-refractivity contribution in [3.63, 3.8) is 0 Å². The Morgan fingerprint density at radius 1 is 1.33 bits per heavy atom. The van der Waals surface area contributed by atoms with E-state index in [4.69, 9.17) is 15.2 Å². The molecule has 1 aromatic rings. The van der Waals surface area contributed by atoms with E-state index in [0.29, 0.717) is 12.7 Å². The topological polar surface area (TPSA) is 44.5 Å². The van der Waals surface area contributed by atoms with E-state index < -0.39 is 0 Å². The van der Waals surface area contributed by atoms with Gasteiger partial charge in [-0.25, -0.2) is 0 Å². The van der Waals surface area contributed by atoms with Crippen LogP contribution in [-0.2, 0) is 9.47 Å². The Bertz CT molecular complexity index is 386. The number of nitrogens with two attached hydrogens (primary N) is 1. The highest BCUT2D eigenvalue weighted by Crippen LogP contribution is 2.19. The molecule has 0 aliphatic carbocycles. The van der Waals surface area contributed by atoms with Crippen molar-refractivity contribution in [3.05, 3.63) is 34.9 Å². The molecule has 3 heteroatoms. The molecule has 1 aromatic carbocycles. The van der Waals surface area contributed by atoms with Gasteiger partial charge in [-0.2, -0.15) is 0 Å². The molecule has 0 radical (unpaired) electrons. The average molecular weight is 249 g/mol. The molecule has 1 heterocycles. The van der Waals surface area contributed by atoms with E-state index in [0.717, 1.165) is 26.1 Å². The van der Waals surface area contributed by atoms with Crippen LogP contribution in [0.15, 0.2) is 18.2 Å². The molecule has 0 amide bonds. The summed E-state index contributed by atoms with van der Waals surface area (Å²) in [7, 11) is 0. The fraction of sp³-hybridized carbons (Fsp3) is 0.600. The minimum Gasteiger partial charge on any atom is -0.381 e. The molecule has 100 valence electrons. The first-order valence-corrected chi connectivity index (χ1v) is 6.69. The fourth-order valence-corrected chi connectivity index (χ4v) is 2.33. The van der Waals surface area contributed by atoms with E-state index in [-0.39, 0.29) is 6.04 Å². The number of ether oxygens (including phenoxy) is 2. The van der Waals surface area contributed by atoms with Gasteiger partial charge < -0.3 is 15.2 Å². The van der Waals surface area contributed by atoms with Gasteiger partial charge in [-0.05, 0) is 37.8 Å². The fourth-order valence-electron chi connectivity index (χ4n) is 2.33. The molecule has 1 atom stereocenters. The molecule has 1 aliphatic rings. The van der Waals surface area contributed by atoms with Crippen LogP contribution in [0.25, 0.3) is 0 Å². The second kappa shape index (κ2) is 6.32. The van der Waals surface area contributed by atoms with Crippen LogP contribution in [0.4, 0.5) is 0 Å². The first kappa shape index (κ1) is 13.5. The summed E-state index contributed by atoms with van der Waals surface area (Å²) in [5.74, 6) is 0. The molecule has 0 bridgehead atoms. The Morgan fingerprint density at radius 3 is 2.78 bits per heavy atom. The quantitative estimate of drug-likeness (QED) is 0.891. The smallest absolute Gasteiger partial charge is 0.0663 e. The zero-order valence-electron chi connectivity index (χ0n) is 11.3. The van der Waals surface area contributed by atoms with E-state index in [1.165, 1.54) is 16.7 Å². The summed E-state index contributed by atoms with van der Waals surface area (Å²) in [6, 6.07) is 6.37. The van der Waals surface area contributed by atoms with E-state index in [1.807, 2.05) is 0 Å². The monoisotopic (exact) mass is 249 g/mol. The van der Waals surface area contributed by atoms with Gasteiger partial charge in [0.25, 0.3) is 0 Å². The standard InChI is InChI=1S/C15H23NO2/c1-11-3-4-12(2)14(9-11)15(16)10-18-13-5-7-17-8-6-13/h3-4,9,13,15H,5-8,10,16H2,1-2H3. The highest BCUT2D eigenvalue weighted by Gasteiger charge is 2.16. The first-order valence-electron chi connectivity index (χ1n) is 6.69. The van der Waals surface area contributed by atoms with Crippen LogP contribution in [0.3, 0.4) is 0 Å². The third-order valence-corrected chi connectivity index (χ3v) is 3.51. The van der Waals surface area contributed by atoms with Crippen molar-refractivity contribution in [2.24, 2.45) is 5.73 Å². The van der Waals surface area contributed by atoms with E-state index in [1.54, 1.807) is 0 Å². The summed E-state index contributed by atoms with van der Waals surface area (Å²) in [5.41, 5.74) is 9.91. The molecule has 1 fully saturated rings. The van der Waals surface area contributed by atoms with Crippen LogP contribution < -0.4 is 5.73 Å². The molecule has 1 saturated heterocycles. The van der Waals surface area contributed by atoms with Gasteiger partial charge >= 0.3 is 0 Å². The molecule has 0 aromatic heterocycles. The lowest BCUT2D eigenvalue weighted by molar-refractivity contribution is -0.0358. The number of benzene rings is 1. The predicted octanol–water partition coefficient (Wildman–Crippen LogP) is 2.50. The lowest BCUT2D eigenvalue weighted by Crippen LogP contribution is -2.27. The molecule has 3 nitrogen and oxygen atoms in total. The summed E-state index contributed by atoms with van der Waals surface area (Å²) in [5, 5.41) is 0. The highest BCUT2D eigenvalue weighted by atomic mass is 16.5. The van der Waals surface area contributed by atoms with E-state index >= 15 is 0 Å². The minimum absolute atomic E-state index is 0.0345. The molecule has 2 rings (SSSR count). The Labute approximate surface area is 109 Å². The summed E-state index contributed by atoms with van der Waals surface area (Å²) in [6.45, 7) is 6.40.